The molecule has 2 heterocycles. The number of rotatable bonds is 1. The van der Waals surface area contributed by atoms with E-state index in [-0.39, 0.29) is 0 Å². The summed E-state index contributed by atoms with van der Waals surface area (Å²) in [5, 5.41) is 1.32. The summed E-state index contributed by atoms with van der Waals surface area (Å²) in [6, 6.07) is 13.3. The van der Waals surface area contributed by atoms with Crippen LogP contribution < -0.4 is 0 Å². The number of aromatic nitrogens is 2. The average molecular weight is 263 g/mol. The summed E-state index contributed by atoms with van der Waals surface area (Å²) in [5.74, 6) is 0. The van der Waals surface area contributed by atoms with E-state index >= 15 is 0 Å². The Bertz CT molecular complexity index is 671. The zero-order valence-corrected chi connectivity index (χ0v) is 10.3. The van der Waals surface area contributed by atoms with Crippen LogP contribution in [0.5, 0.6) is 0 Å². The Morgan fingerprint density at radius 1 is 0.941 bits per heavy atom. The van der Waals surface area contributed by atoms with Gasteiger partial charge in [-0.25, -0.2) is 4.98 Å². The summed E-state index contributed by atoms with van der Waals surface area (Å²) in [6.07, 6.45) is 1.89. The van der Waals surface area contributed by atoms with Crippen LogP contribution in [0, 0.1) is 0 Å². The van der Waals surface area contributed by atoms with Crippen molar-refractivity contribution in [1.82, 2.24) is 9.38 Å². The SMILES string of the molecule is Clc1ccc(-c2nc3ccccn3c2Cl)cc1. The molecule has 0 radical (unpaired) electrons. The van der Waals surface area contributed by atoms with Crippen molar-refractivity contribution in [3.8, 4) is 11.3 Å². The topological polar surface area (TPSA) is 17.3 Å². The largest absolute Gasteiger partial charge is 0.290 e. The standard InChI is InChI=1S/C13H8Cl2N2/c14-10-6-4-9(5-7-10)12-13(15)17-8-2-1-3-11(17)16-12/h1-8H. The van der Waals surface area contributed by atoms with Gasteiger partial charge in [-0.05, 0) is 24.3 Å². The molecular weight excluding hydrogens is 255 g/mol. The third kappa shape index (κ3) is 1.79. The van der Waals surface area contributed by atoms with Gasteiger partial charge in [0.15, 0.2) is 0 Å². The molecule has 0 atom stereocenters. The molecule has 17 heavy (non-hydrogen) atoms. The summed E-state index contributed by atoms with van der Waals surface area (Å²) < 4.78 is 1.85. The minimum Gasteiger partial charge on any atom is -0.290 e. The van der Waals surface area contributed by atoms with E-state index in [1.165, 1.54) is 0 Å². The van der Waals surface area contributed by atoms with Crippen LogP contribution in [-0.4, -0.2) is 9.38 Å². The highest BCUT2D eigenvalue weighted by atomic mass is 35.5. The summed E-state index contributed by atoms with van der Waals surface area (Å²) in [7, 11) is 0. The normalized spacial score (nSPS) is 10.9. The van der Waals surface area contributed by atoms with Crippen molar-refractivity contribution >= 4 is 28.8 Å². The van der Waals surface area contributed by atoms with Gasteiger partial charge in [0, 0.05) is 16.8 Å². The van der Waals surface area contributed by atoms with Crippen LogP contribution in [-0.2, 0) is 0 Å². The van der Waals surface area contributed by atoms with Crippen molar-refractivity contribution < 1.29 is 0 Å². The predicted octanol–water partition coefficient (Wildman–Crippen LogP) is 4.31. The van der Waals surface area contributed by atoms with Crippen LogP contribution in [0.4, 0.5) is 0 Å². The Kier molecular flexibility index (Phi) is 2.54. The van der Waals surface area contributed by atoms with Gasteiger partial charge in [0.2, 0.25) is 0 Å². The first kappa shape index (κ1) is 10.6. The van der Waals surface area contributed by atoms with Crippen molar-refractivity contribution in [2.45, 2.75) is 0 Å². The number of imidazole rings is 1. The van der Waals surface area contributed by atoms with E-state index in [4.69, 9.17) is 23.2 Å². The summed E-state index contributed by atoms with van der Waals surface area (Å²) in [6.45, 7) is 0. The maximum Gasteiger partial charge on any atom is 0.141 e. The Morgan fingerprint density at radius 2 is 1.71 bits per heavy atom. The maximum atomic E-state index is 6.30. The number of halogens is 2. The van der Waals surface area contributed by atoms with Gasteiger partial charge < -0.3 is 0 Å². The molecule has 0 aliphatic heterocycles. The fraction of sp³-hybridized carbons (Fsp3) is 0. The van der Waals surface area contributed by atoms with Gasteiger partial charge in [-0.1, -0.05) is 41.4 Å². The summed E-state index contributed by atoms with van der Waals surface area (Å²) in [4.78, 5) is 4.50. The molecule has 2 nitrogen and oxygen atoms in total. The van der Waals surface area contributed by atoms with E-state index in [9.17, 15) is 0 Å². The Morgan fingerprint density at radius 3 is 2.41 bits per heavy atom. The van der Waals surface area contributed by atoms with Gasteiger partial charge in [0.05, 0.1) is 0 Å². The lowest BCUT2D eigenvalue weighted by Gasteiger charge is -1.97. The lowest BCUT2D eigenvalue weighted by atomic mass is 10.2. The number of benzene rings is 1. The minimum atomic E-state index is 0.614. The molecule has 0 saturated heterocycles. The number of nitrogens with zero attached hydrogens (tertiary/aromatic N) is 2. The Labute approximate surface area is 108 Å². The molecule has 0 saturated carbocycles. The number of hydrogen-bond acceptors (Lipinski definition) is 1. The summed E-state index contributed by atoms with van der Waals surface area (Å²) in [5.41, 5.74) is 2.57. The van der Waals surface area contributed by atoms with Gasteiger partial charge in [0.1, 0.15) is 16.5 Å². The smallest absolute Gasteiger partial charge is 0.141 e. The van der Waals surface area contributed by atoms with Crippen molar-refractivity contribution in [2.75, 3.05) is 0 Å². The molecule has 0 bridgehead atoms. The van der Waals surface area contributed by atoms with Crippen LogP contribution in [0.15, 0.2) is 48.7 Å². The minimum absolute atomic E-state index is 0.614. The van der Waals surface area contributed by atoms with Gasteiger partial charge >= 0.3 is 0 Å². The first-order valence-electron chi connectivity index (χ1n) is 5.14. The van der Waals surface area contributed by atoms with E-state index in [0.717, 1.165) is 16.9 Å². The van der Waals surface area contributed by atoms with Crippen LogP contribution >= 0.6 is 23.2 Å². The molecular formula is C13H8Cl2N2. The highest BCUT2D eigenvalue weighted by Crippen LogP contribution is 2.28. The molecule has 0 unspecified atom stereocenters. The molecule has 4 heteroatoms. The lowest BCUT2D eigenvalue weighted by Crippen LogP contribution is -1.81. The second-order valence-corrected chi connectivity index (χ2v) is 4.48. The molecule has 0 aliphatic rings. The molecule has 1 aromatic carbocycles. The summed E-state index contributed by atoms with van der Waals surface area (Å²) >= 11 is 12.2. The molecule has 3 aromatic rings. The van der Waals surface area contributed by atoms with Crippen LogP contribution in [0.25, 0.3) is 16.9 Å². The van der Waals surface area contributed by atoms with Crippen molar-refractivity contribution in [3.05, 3.63) is 58.8 Å². The Balaban J connectivity index is 2.24. The number of pyridine rings is 1. The lowest BCUT2D eigenvalue weighted by molar-refractivity contribution is 1.19. The van der Waals surface area contributed by atoms with E-state index in [2.05, 4.69) is 4.98 Å². The molecule has 0 amide bonds. The van der Waals surface area contributed by atoms with Crippen LogP contribution in [0.2, 0.25) is 10.2 Å². The van der Waals surface area contributed by atoms with Gasteiger partial charge in [-0.15, -0.1) is 0 Å². The molecule has 3 rings (SSSR count). The first-order valence-corrected chi connectivity index (χ1v) is 5.90. The second-order valence-electron chi connectivity index (χ2n) is 3.69. The van der Waals surface area contributed by atoms with Crippen LogP contribution in [0.3, 0.4) is 0 Å². The van der Waals surface area contributed by atoms with E-state index in [1.807, 2.05) is 53.1 Å². The van der Waals surface area contributed by atoms with E-state index in [1.54, 1.807) is 0 Å². The predicted molar refractivity (Wildman–Crippen MR) is 70.6 cm³/mol. The quantitative estimate of drug-likeness (QED) is 0.639. The van der Waals surface area contributed by atoms with E-state index in [0.29, 0.717) is 10.2 Å². The Hall–Kier alpha value is -1.51. The zero-order valence-electron chi connectivity index (χ0n) is 8.77. The fourth-order valence-corrected chi connectivity index (χ4v) is 2.18. The highest BCUT2D eigenvalue weighted by Gasteiger charge is 2.11. The molecule has 0 aliphatic carbocycles. The van der Waals surface area contributed by atoms with Gasteiger partial charge in [-0.3, -0.25) is 4.40 Å². The van der Waals surface area contributed by atoms with E-state index < -0.39 is 0 Å². The molecule has 0 N–H and O–H groups in total. The number of hydrogen-bond donors (Lipinski definition) is 0. The second kappa shape index (κ2) is 4.06. The monoisotopic (exact) mass is 262 g/mol. The maximum absolute atomic E-state index is 6.30. The van der Waals surface area contributed by atoms with Crippen molar-refractivity contribution in [3.63, 3.8) is 0 Å². The molecule has 0 fully saturated rings. The van der Waals surface area contributed by atoms with Crippen molar-refractivity contribution in [2.24, 2.45) is 0 Å². The third-order valence-corrected chi connectivity index (χ3v) is 3.20. The molecule has 84 valence electrons. The van der Waals surface area contributed by atoms with Gasteiger partial charge in [0.25, 0.3) is 0 Å². The molecule has 0 spiro atoms. The van der Waals surface area contributed by atoms with Gasteiger partial charge in [-0.2, -0.15) is 0 Å². The number of fused-ring (bicyclic) bond motifs is 1. The van der Waals surface area contributed by atoms with Crippen molar-refractivity contribution in [1.29, 1.82) is 0 Å². The fourth-order valence-electron chi connectivity index (χ4n) is 1.76. The zero-order chi connectivity index (χ0) is 11.8. The third-order valence-electron chi connectivity index (χ3n) is 2.59. The first-order chi connectivity index (χ1) is 8.25. The highest BCUT2D eigenvalue weighted by molar-refractivity contribution is 6.32. The average Bonchev–Trinajstić information content (AvgIpc) is 2.69. The molecule has 2 aromatic heterocycles. The van der Waals surface area contributed by atoms with Crippen LogP contribution in [0.1, 0.15) is 0 Å².